The molecular formula is C6H13NO7. The van der Waals surface area contributed by atoms with Gasteiger partial charge in [0.25, 0.3) is 0 Å². The van der Waals surface area contributed by atoms with Crippen molar-refractivity contribution < 1.29 is 30.5 Å². The summed E-state index contributed by atoms with van der Waals surface area (Å²) < 4.78 is 0. The molecule has 14 heavy (non-hydrogen) atoms. The fraction of sp³-hybridized carbons (Fsp3) is 1.00. The monoisotopic (exact) mass is 211 g/mol. The van der Waals surface area contributed by atoms with Crippen LogP contribution in [0.5, 0.6) is 0 Å². The van der Waals surface area contributed by atoms with Crippen LogP contribution < -0.4 is 0 Å². The Bertz CT molecular complexity index is 187. The van der Waals surface area contributed by atoms with Gasteiger partial charge in [0.2, 0.25) is 6.54 Å². The molecule has 0 saturated heterocycles. The molecule has 0 spiro atoms. The van der Waals surface area contributed by atoms with E-state index in [1.54, 1.807) is 0 Å². The molecule has 0 saturated carbocycles. The van der Waals surface area contributed by atoms with E-state index in [-0.39, 0.29) is 0 Å². The molecule has 1 unspecified atom stereocenters. The summed E-state index contributed by atoms with van der Waals surface area (Å²) in [5.74, 6) is 0. The summed E-state index contributed by atoms with van der Waals surface area (Å²) >= 11 is 0. The molecule has 0 fully saturated rings. The Balaban J connectivity index is 4.15. The van der Waals surface area contributed by atoms with Gasteiger partial charge >= 0.3 is 0 Å². The first-order valence-electron chi connectivity index (χ1n) is 3.85. The molecule has 0 heterocycles. The molecule has 0 rings (SSSR count). The van der Waals surface area contributed by atoms with E-state index in [1.165, 1.54) is 0 Å². The number of aliphatic hydroxyl groups is 5. The molecule has 84 valence electrons. The van der Waals surface area contributed by atoms with Gasteiger partial charge in [-0.1, -0.05) is 0 Å². The van der Waals surface area contributed by atoms with Crippen molar-refractivity contribution in [3.63, 3.8) is 0 Å². The Kier molecular flexibility index (Phi) is 5.50. The van der Waals surface area contributed by atoms with Crippen LogP contribution in [0, 0.1) is 10.1 Å². The van der Waals surface area contributed by atoms with Crippen molar-refractivity contribution in [2.24, 2.45) is 0 Å². The fourth-order valence-corrected chi connectivity index (χ4v) is 0.824. The van der Waals surface area contributed by atoms with Crippen molar-refractivity contribution in [2.75, 3.05) is 13.2 Å². The smallest absolute Gasteiger partial charge is 0.232 e. The Morgan fingerprint density at radius 1 is 1.07 bits per heavy atom. The van der Waals surface area contributed by atoms with Crippen LogP contribution >= 0.6 is 0 Å². The summed E-state index contributed by atoms with van der Waals surface area (Å²) in [5.41, 5.74) is 0. The maximum absolute atomic E-state index is 9.92. The highest BCUT2D eigenvalue weighted by Gasteiger charge is 2.32. The van der Waals surface area contributed by atoms with Gasteiger partial charge in [0.05, 0.1) is 6.61 Å². The molecule has 5 N–H and O–H groups in total. The zero-order valence-corrected chi connectivity index (χ0v) is 7.22. The number of nitro groups is 1. The van der Waals surface area contributed by atoms with Crippen molar-refractivity contribution in [1.29, 1.82) is 0 Å². The second-order valence-electron chi connectivity index (χ2n) is 2.81. The van der Waals surface area contributed by atoms with Gasteiger partial charge in [-0.05, 0) is 0 Å². The van der Waals surface area contributed by atoms with Crippen molar-refractivity contribution in [3.05, 3.63) is 10.1 Å². The predicted molar refractivity (Wildman–Crippen MR) is 43.0 cm³/mol. The lowest BCUT2D eigenvalue weighted by atomic mass is 10.0. The third-order valence-electron chi connectivity index (χ3n) is 1.66. The standard InChI is InChI=1S/C6H13NO7/c8-2-4(10)6(12)5(11)3(9)1-7(13)14/h3-6,8-12H,1-2H2/t3?,4-,5-,6+/m1/s1. The molecule has 4 atom stereocenters. The normalized spacial score (nSPS) is 19.8. The van der Waals surface area contributed by atoms with E-state index in [9.17, 15) is 10.1 Å². The molecule has 0 radical (unpaired) electrons. The van der Waals surface area contributed by atoms with E-state index in [0.717, 1.165) is 0 Å². The van der Waals surface area contributed by atoms with Crippen molar-refractivity contribution in [1.82, 2.24) is 0 Å². The quantitative estimate of drug-likeness (QED) is 0.228. The van der Waals surface area contributed by atoms with Crippen LogP contribution in [-0.2, 0) is 0 Å². The van der Waals surface area contributed by atoms with Gasteiger partial charge in [-0.25, -0.2) is 0 Å². The van der Waals surface area contributed by atoms with Crippen LogP contribution in [0.25, 0.3) is 0 Å². The molecule has 0 bridgehead atoms. The van der Waals surface area contributed by atoms with Gasteiger partial charge in [-0.3, -0.25) is 10.1 Å². The molecule has 0 aliphatic heterocycles. The minimum absolute atomic E-state index is 0.816. The second kappa shape index (κ2) is 5.83. The first-order chi connectivity index (χ1) is 6.40. The number of hydrogen-bond acceptors (Lipinski definition) is 7. The second-order valence-corrected chi connectivity index (χ2v) is 2.81. The van der Waals surface area contributed by atoms with Crippen molar-refractivity contribution >= 4 is 0 Å². The first-order valence-corrected chi connectivity index (χ1v) is 3.85. The van der Waals surface area contributed by atoms with Crippen LogP contribution in [0.1, 0.15) is 0 Å². The third-order valence-corrected chi connectivity index (χ3v) is 1.66. The summed E-state index contributed by atoms with van der Waals surface area (Å²) in [7, 11) is 0. The zero-order chi connectivity index (χ0) is 11.3. The summed E-state index contributed by atoms with van der Waals surface area (Å²) in [4.78, 5) is 9.05. The highest BCUT2D eigenvalue weighted by atomic mass is 16.6. The van der Waals surface area contributed by atoms with Gasteiger partial charge in [0.1, 0.15) is 24.4 Å². The lowest BCUT2D eigenvalue weighted by molar-refractivity contribution is -0.493. The molecule has 0 aromatic heterocycles. The van der Waals surface area contributed by atoms with Gasteiger partial charge in [-0.15, -0.1) is 0 Å². The average Bonchev–Trinajstić information content (AvgIpc) is 2.13. The number of hydrogen-bond donors (Lipinski definition) is 5. The molecule has 8 heteroatoms. The fourth-order valence-electron chi connectivity index (χ4n) is 0.824. The van der Waals surface area contributed by atoms with E-state index in [4.69, 9.17) is 25.5 Å². The summed E-state index contributed by atoms with van der Waals surface area (Å²) in [6.07, 6.45) is -7.13. The first kappa shape index (κ1) is 13.2. The van der Waals surface area contributed by atoms with Gasteiger partial charge in [0.15, 0.2) is 0 Å². The average molecular weight is 211 g/mol. The lowest BCUT2D eigenvalue weighted by Crippen LogP contribution is -2.47. The summed E-state index contributed by atoms with van der Waals surface area (Å²) in [6.45, 7) is -1.76. The van der Waals surface area contributed by atoms with Gasteiger partial charge in [-0.2, -0.15) is 0 Å². The van der Waals surface area contributed by atoms with Crippen LogP contribution in [0.2, 0.25) is 0 Å². The highest BCUT2D eigenvalue weighted by Crippen LogP contribution is 2.05. The molecular weight excluding hydrogens is 198 g/mol. The molecule has 0 aromatic carbocycles. The van der Waals surface area contributed by atoms with E-state index in [0.29, 0.717) is 0 Å². The lowest BCUT2D eigenvalue weighted by Gasteiger charge is -2.23. The highest BCUT2D eigenvalue weighted by molar-refractivity contribution is 4.79. The zero-order valence-electron chi connectivity index (χ0n) is 7.22. The number of aliphatic hydroxyl groups excluding tert-OH is 5. The van der Waals surface area contributed by atoms with Gasteiger partial charge < -0.3 is 25.5 Å². The predicted octanol–water partition coefficient (Wildman–Crippen LogP) is -3.30. The Morgan fingerprint density at radius 3 is 1.86 bits per heavy atom. The molecule has 0 aliphatic carbocycles. The Morgan fingerprint density at radius 2 is 1.50 bits per heavy atom. The molecule has 0 aromatic rings. The van der Waals surface area contributed by atoms with E-state index in [1.807, 2.05) is 0 Å². The van der Waals surface area contributed by atoms with E-state index < -0.39 is 42.5 Å². The number of nitrogens with zero attached hydrogens (tertiary/aromatic N) is 1. The van der Waals surface area contributed by atoms with Crippen molar-refractivity contribution in [2.45, 2.75) is 24.4 Å². The van der Waals surface area contributed by atoms with Crippen LogP contribution in [-0.4, -0.2) is 68.0 Å². The van der Waals surface area contributed by atoms with Crippen molar-refractivity contribution in [3.8, 4) is 0 Å². The van der Waals surface area contributed by atoms with E-state index >= 15 is 0 Å². The Labute approximate surface area is 79.2 Å². The van der Waals surface area contributed by atoms with Crippen LogP contribution in [0.4, 0.5) is 0 Å². The molecule has 0 amide bonds. The maximum atomic E-state index is 9.92. The minimum Gasteiger partial charge on any atom is -0.394 e. The van der Waals surface area contributed by atoms with Gasteiger partial charge in [0, 0.05) is 4.92 Å². The minimum atomic E-state index is -1.87. The van der Waals surface area contributed by atoms with Crippen LogP contribution in [0.15, 0.2) is 0 Å². The third kappa shape index (κ3) is 3.94. The molecule has 0 aliphatic rings. The maximum Gasteiger partial charge on any atom is 0.232 e. The summed E-state index contributed by atoms with van der Waals surface area (Å²) in [6, 6.07) is 0. The van der Waals surface area contributed by atoms with E-state index in [2.05, 4.69) is 0 Å². The summed E-state index contributed by atoms with van der Waals surface area (Å²) in [5, 5.41) is 54.2. The topological polar surface area (TPSA) is 144 Å². The van der Waals surface area contributed by atoms with Crippen LogP contribution in [0.3, 0.4) is 0 Å². The number of rotatable bonds is 6. The molecule has 8 nitrogen and oxygen atoms in total. The largest absolute Gasteiger partial charge is 0.394 e. The Hall–Kier alpha value is -0.800. The SMILES string of the molecule is O=[N+]([O-])CC(O)[C@@H](O)[C@@H](O)[C@H](O)CO.